The topological polar surface area (TPSA) is 74.8 Å². The summed E-state index contributed by atoms with van der Waals surface area (Å²) in [6, 6.07) is 15.4. The largest absolute Gasteiger partial charge is 0.497 e. The minimum absolute atomic E-state index is 0. The number of ether oxygens (including phenoxy) is 1. The Hall–Kier alpha value is -1.81. The van der Waals surface area contributed by atoms with Crippen molar-refractivity contribution in [2.24, 2.45) is 4.99 Å². The molecule has 0 aliphatic heterocycles. The lowest BCUT2D eigenvalue weighted by Gasteiger charge is -2.12. The first-order valence-electron chi connectivity index (χ1n) is 9.23. The number of carbonyl (C=O) groups is 1. The molecule has 0 radical (unpaired) electrons. The van der Waals surface area contributed by atoms with Gasteiger partial charge >= 0.3 is 0 Å². The van der Waals surface area contributed by atoms with E-state index in [4.69, 9.17) is 4.74 Å². The van der Waals surface area contributed by atoms with Crippen LogP contribution in [-0.2, 0) is 6.42 Å². The molecule has 2 rings (SSSR count). The first-order valence-corrected chi connectivity index (χ1v) is 10.0. The highest BCUT2D eigenvalue weighted by atomic mass is 127. The Labute approximate surface area is 198 Å². The molecule has 29 heavy (non-hydrogen) atoms. The third-order valence-corrected chi connectivity index (χ3v) is 4.60. The summed E-state index contributed by atoms with van der Waals surface area (Å²) >= 11 is 3.37. The van der Waals surface area contributed by atoms with Crippen molar-refractivity contribution >= 4 is 51.8 Å². The Morgan fingerprint density at radius 2 is 1.72 bits per heavy atom. The smallest absolute Gasteiger partial charge is 0.251 e. The molecule has 2 aromatic carbocycles. The molecule has 0 bridgehead atoms. The van der Waals surface area contributed by atoms with Gasteiger partial charge in [0.15, 0.2) is 5.96 Å². The number of guanidine groups is 1. The standard InChI is InChI=1S/C21H27BrN4O2.HI/c1-23-21(26-14-11-16-7-9-19(28-2)10-8-16)25-13-4-12-24-20(27)17-5-3-6-18(22)15-17;/h3,5-10,15H,4,11-14H2,1-2H3,(H,24,27)(H2,23,25,26);1H. The molecular formula is C21H28BrIN4O2. The van der Waals surface area contributed by atoms with Crippen molar-refractivity contribution in [1.82, 2.24) is 16.0 Å². The van der Waals surface area contributed by atoms with Gasteiger partial charge in [-0.25, -0.2) is 0 Å². The Morgan fingerprint density at radius 1 is 1.03 bits per heavy atom. The van der Waals surface area contributed by atoms with Crippen molar-refractivity contribution in [2.75, 3.05) is 33.8 Å². The van der Waals surface area contributed by atoms with Crippen molar-refractivity contribution in [2.45, 2.75) is 12.8 Å². The number of nitrogens with zero attached hydrogens (tertiary/aromatic N) is 1. The van der Waals surface area contributed by atoms with Crippen LogP contribution in [0.4, 0.5) is 0 Å². The predicted molar refractivity (Wildman–Crippen MR) is 133 cm³/mol. The Kier molecular flexibility index (Phi) is 12.4. The first-order chi connectivity index (χ1) is 13.6. The van der Waals surface area contributed by atoms with Crippen molar-refractivity contribution < 1.29 is 9.53 Å². The van der Waals surface area contributed by atoms with E-state index < -0.39 is 0 Å². The molecule has 0 saturated carbocycles. The Balaban J connectivity index is 0.00000420. The molecule has 0 saturated heterocycles. The number of hydrogen-bond acceptors (Lipinski definition) is 3. The number of amides is 1. The van der Waals surface area contributed by atoms with Crippen molar-refractivity contribution in [1.29, 1.82) is 0 Å². The fourth-order valence-electron chi connectivity index (χ4n) is 2.57. The fourth-order valence-corrected chi connectivity index (χ4v) is 2.97. The molecule has 158 valence electrons. The number of benzene rings is 2. The normalized spacial score (nSPS) is 10.7. The van der Waals surface area contributed by atoms with Gasteiger partial charge in [0.05, 0.1) is 7.11 Å². The second kappa shape index (κ2) is 14.2. The van der Waals surface area contributed by atoms with E-state index in [1.165, 1.54) is 5.56 Å². The summed E-state index contributed by atoms with van der Waals surface area (Å²) in [7, 11) is 3.41. The third kappa shape index (κ3) is 9.49. The van der Waals surface area contributed by atoms with Crippen molar-refractivity contribution in [3.8, 4) is 5.75 Å². The quantitative estimate of drug-likeness (QED) is 0.185. The number of nitrogens with one attached hydrogen (secondary N) is 3. The molecule has 8 heteroatoms. The predicted octanol–water partition coefficient (Wildman–Crippen LogP) is 3.60. The van der Waals surface area contributed by atoms with Crippen LogP contribution in [0.15, 0.2) is 58.0 Å². The lowest BCUT2D eigenvalue weighted by atomic mass is 10.1. The van der Waals surface area contributed by atoms with Gasteiger partial charge in [0, 0.05) is 36.7 Å². The van der Waals surface area contributed by atoms with Crippen LogP contribution in [0.2, 0.25) is 0 Å². The minimum Gasteiger partial charge on any atom is -0.497 e. The average molecular weight is 575 g/mol. The summed E-state index contributed by atoms with van der Waals surface area (Å²) in [5.74, 6) is 1.55. The molecule has 2 aromatic rings. The summed E-state index contributed by atoms with van der Waals surface area (Å²) in [4.78, 5) is 16.3. The Bertz CT molecular complexity index is 785. The molecule has 0 heterocycles. The van der Waals surface area contributed by atoms with E-state index >= 15 is 0 Å². The van der Waals surface area contributed by atoms with Crippen LogP contribution in [0, 0.1) is 0 Å². The van der Waals surface area contributed by atoms with Crippen LogP contribution >= 0.6 is 39.9 Å². The zero-order valence-corrected chi connectivity index (χ0v) is 20.6. The van der Waals surface area contributed by atoms with Gasteiger partial charge in [-0.2, -0.15) is 0 Å². The van der Waals surface area contributed by atoms with E-state index in [0.717, 1.165) is 42.1 Å². The van der Waals surface area contributed by atoms with Gasteiger partial charge in [0.25, 0.3) is 5.91 Å². The molecule has 0 fully saturated rings. The monoisotopic (exact) mass is 574 g/mol. The van der Waals surface area contributed by atoms with Gasteiger partial charge in [-0.3, -0.25) is 9.79 Å². The molecule has 3 N–H and O–H groups in total. The first kappa shape index (κ1) is 25.2. The number of rotatable bonds is 9. The highest BCUT2D eigenvalue weighted by molar-refractivity contribution is 14.0. The third-order valence-electron chi connectivity index (χ3n) is 4.11. The lowest BCUT2D eigenvalue weighted by Crippen LogP contribution is -2.39. The number of aliphatic imine (C=N–C) groups is 1. The number of carbonyl (C=O) groups excluding carboxylic acids is 1. The summed E-state index contributed by atoms with van der Waals surface area (Å²) in [6.45, 7) is 2.10. The van der Waals surface area contributed by atoms with Crippen LogP contribution in [-0.4, -0.2) is 45.7 Å². The van der Waals surface area contributed by atoms with Gasteiger partial charge in [-0.05, 0) is 48.7 Å². The molecule has 0 aliphatic carbocycles. The highest BCUT2D eigenvalue weighted by Crippen LogP contribution is 2.12. The minimum atomic E-state index is -0.0664. The van der Waals surface area contributed by atoms with E-state index in [9.17, 15) is 4.79 Å². The van der Waals surface area contributed by atoms with Crippen LogP contribution in [0.25, 0.3) is 0 Å². The number of methoxy groups -OCH3 is 1. The Morgan fingerprint density at radius 3 is 2.38 bits per heavy atom. The molecule has 0 spiro atoms. The molecule has 1 amide bonds. The zero-order valence-electron chi connectivity index (χ0n) is 16.7. The molecular weight excluding hydrogens is 547 g/mol. The van der Waals surface area contributed by atoms with Gasteiger partial charge in [-0.15, -0.1) is 24.0 Å². The zero-order chi connectivity index (χ0) is 20.2. The number of hydrogen-bond donors (Lipinski definition) is 3. The summed E-state index contributed by atoms with van der Waals surface area (Å²) < 4.78 is 6.06. The maximum Gasteiger partial charge on any atom is 0.251 e. The van der Waals surface area contributed by atoms with Crippen LogP contribution < -0.4 is 20.7 Å². The van der Waals surface area contributed by atoms with Crippen LogP contribution in [0.5, 0.6) is 5.75 Å². The summed E-state index contributed by atoms with van der Waals surface area (Å²) in [6.07, 6.45) is 1.70. The fraction of sp³-hybridized carbons (Fsp3) is 0.333. The van der Waals surface area contributed by atoms with Crippen LogP contribution in [0.1, 0.15) is 22.3 Å². The van der Waals surface area contributed by atoms with E-state index in [-0.39, 0.29) is 29.9 Å². The van der Waals surface area contributed by atoms with Gasteiger partial charge in [0.1, 0.15) is 5.75 Å². The van der Waals surface area contributed by atoms with Crippen molar-refractivity contribution in [3.63, 3.8) is 0 Å². The van der Waals surface area contributed by atoms with E-state index in [0.29, 0.717) is 12.1 Å². The maximum atomic E-state index is 12.1. The molecule has 0 atom stereocenters. The van der Waals surface area contributed by atoms with Gasteiger partial charge in [0.2, 0.25) is 0 Å². The maximum absolute atomic E-state index is 12.1. The lowest BCUT2D eigenvalue weighted by molar-refractivity contribution is 0.0953. The van der Waals surface area contributed by atoms with Crippen molar-refractivity contribution in [3.05, 3.63) is 64.1 Å². The van der Waals surface area contributed by atoms with Crippen LogP contribution in [0.3, 0.4) is 0 Å². The van der Waals surface area contributed by atoms with E-state index in [1.807, 2.05) is 30.3 Å². The molecule has 0 unspecified atom stereocenters. The van der Waals surface area contributed by atoms with E-state index in [2.05, 4.69) is 49.0 Å². The van der Waals surface area contributed by atoms with Gasteiger partial charge < -0.3 is 20.7 Å². The second-order valence-corrected chi connectivity index (χ2v) is 7.06. The molecule has 6 nitrogen and oxygen atoms in total. The molecule has 0 aliphatic rings. The highest BCUT2D eigenvalue weighted by Gasteiger charge is 2.05. The summed E-state index contributed by atoms with van der Waals surface area (Å²) in [5.41, 5.74) is 1.89. The SMILES string of the molecule is CN=C(NCCCNC(=O)c1cccc(Br)c1)NCCc1ccc(OC)cc1.I. The number of halogens is 2. The average Bonchev–Trinajstić information content (AvgIpc) is 2.72. The van der Waals surface area contributed by atoms with Gasteiger partial charge in [-0.1, -0.05) is 34.1 Å². The molecule has 0 aromatic heterocycles. The second-order valence-electron chi connectivity index (χ2n) is 6.14. The summed E-state index contributed by atoms with van der Waals surface area (Å²) in [5, 5.41) is 9.47. The van der Waals surface area contributed by atoms with E-state index in [1.54, 1.807) is 20.2 Å².